The number of benzene rings is 2. The normalized spacial score (nSPS) is 12.2. The maximum atomic E-state index is 13.6. The Kier molecular flexibility index (Phi) is 4.73. The van der Waals surface area contributed by atoms with Gasteiger partial charge in [-0.3, -0.25) is 0 Å². The van der Waals surface area contributed by atoms with Gasteiger partial charge in [0.2, 0.25) is 0 Å². The molecule has 0 aliphatic heterocycles. The SMILES string of the molecule is CCOc1ccccc1C(O)c1ccc(F)c(F)c1Br. The largest absolute Gasteiger partial charge is 0.493 e. The van der Waals surface area contributed by atoms with Gasteiger partial charge in [0.15, 0.2) is 11.6 Å². The number of aliphatic hydroxyl groups excluding tert-OH is 1. The van der Waals surface area contributed by atoms with E-state index in [2.05, 4.69) is 15.9 Å². The molecule has 2 rings (SSSR count). The van der Waals surface area contributed by atoms with Crippen LogP contribution in [0.25, 0.3) is 0 Å². The summed E-state index contributed by atoms with van der Waals surface area (Å²) >= 11 is 2.98. The Morgan fingerprint density at radius 3 is 2.55 bits per heavy atom. The van der Waals surface area contributed by atoms with Crippen molar-refractivity contribution in [2.45, 2.75) is 13.0 Å². The van der Waals surface area contributed by atoms with E-state index in [1.807, 2.05) is 6.92 Å². The van der Waals surface area contributed by atoms with Crippen molar-refractivity contribution >= 4 is 15.9 Å². The summed E-state index contributed by atoms with van der Waals surface area (Å²) in [5.41, 5.74) is 0.747. The quantitative estimate of drug-likeness (QED) is 0.843. The van der Waals surface area contributed by atoms with Crippen LogP contribution in [0, 0.1) is 11.6 Å². The number of para-hydroxylation sites is 1. The molecule has 2 aromatic rings. The standard InChI is InChI=1S/C15H13BrF2O2/c1-2-20-12-6-4-3-5-9(12)15(19)10-7-8-11(17)14(18)13(10)16/h3-8,15,19H,2H2,1H3. The van der Waals surface area contributed by atoms with Gasteiger partial charge in [-0.2, -0.15) is 0 Å². The zero-order valence-corrected chi connectivity index (χ0v) is 12.3. The highest BCUT2D eigenvalue weighted by Crippen LogP contribution is 2.35. The molecule has 0 radical (unpaired) electrons. The molecule has 0 bridgehead atoms. The maximum absolute atomic E-state index is 13.6. The lowest BCUT2D eigenvalue weighted by Crippen LogP contribution is -2.06. The van der Waals surface area contributed by atoms with Crippen molar-refractivity contribution < 1.29 is 18.6 Å². The Bertz CT molecular complexity index is 617. The van der Waals surface area contributed by atoms with Crippen LogP contribution in [-0.2, 0) is 0 Å². The van der Waals surface area contributed by atoms with E-state index < -0.39 is 17.7 Å². The highest BCUT2D eigenvalue weighted by Gasteiger charge is 2.21. The van der Waals surface area contributed by atoms with E-state index >= 15 is 0 Å². The van der Waals surface area contributed by atoms with Crippen LogP contribution in [0.15, 0.2) is 40.9 Å². The summed E-state index contributed by atoms with van der Waals surface area (Å²) in [6, 6.07) is 9.26. The van der Waals surface area contributed by atoms with E-state index in [0.717, 1.165) is 6.07 Å². The molecule has 0 aliphatic carbocycles. The second kappa shape index (κ2) is 6.33. The van der Waals surface area contributed by atoms with Gasteiger partial charge >= 0.3 is 0 Å². The molecule has 1 unspecified atom stereocenters. The molecule has 1 N–H and O–H groups in total. The molecule has 0 heterocycles. The van der Waals surface area contributed by atoms with Gasteiger partial charge in [-0.25, -0.2) is 8.78 Å². The third-order valence-corrected chi connectivity index (χ3v) is 3.68. The number of aliphatic hydroxyl groups is 1. The second-order valence-corrected chi connectivity index (χ2v) is 4.93. The van der Waals surface area contributed by atoms with Crippen LogP contribution in [0.5, 0.6) is 5.75 Å². The molecule has 0 aliphatic rings. The van der Waals surface area contributed by atoms with E-state index in [4.69, 9.17) is 4.74 Å². The fraction of sp³-hybridized carbons (Fsp3) is 0.200. The van der Waals surface area contributed by atoms with E-state index in [9.17, 15) is 13.9 Å². The van der Waals surface area contributed by atoms with Gasteiger partial charge in [0.25, 0.3) is 0 Å². The zero-order valence-electron chi connectivity index (χ0n) is 10.7. The molecule has 1 atom stereocenters. The minimum atomic E-state index is -1.11. The monoisotopic (exact) mass is 342 g/mol. The van der Waals surface area contributed by atoms with Crippen LogP contribution in [-0.4, -0.2) is 11.7 Å². The van der Waals surface area contributed by atoms with Gasteiger partial charge in [0, 0.05) is 11.1 Å². The molecule has 0 amide bonds. The lowest BCUT2D eigenvalue weighted by Gasteiger charge is -2.17. The summed E-state index contributed by atoms with van der Waals surface area (Å²) in [4.78, 5) is 0. The van der Waals surface area contributed by atoms with E-state index in [1.54, 1.807) is 24.3 Å². The van der Waals surface area contributed by atoms with Crippen LogP contribution in [0.1, 0.15) is 24.2 Å². The number of hydrogen-bond acceptors (Lipinski definition) is 2. The van der Waals surface area contributed by atoms with Gasteiger partial charge in [0.05, 0.1) is 11.1 Å². The molecule has 0 saturated heterocycles. The Labute approximate surface area is 124 Å². The van der Waals surface area contributed by atoms with Gasteiger partial charge in [0.1, 0.15) is 11.9 Å². The summed E-state index contributed by atoms with van der Waals surface area (Å²) in [6.45, 7) is 2.28. The predicted molar refractivity (Wildman–Crippen MR) is 75.7 cm³/mol. The third-order valence-electron chi connectivity index (χ3n) is 2.87. The van der Waals surface area contributed by atoms with E-state index in [0.29, 0.717) is 17.9 Å². The molecule has 0 fully saturated rings. The minimum Gasteiger partial charge on any atom is -0.493 e. The van der Waals surface area contributed by atoms with Crippen molar-refractivity contribution in [2.75, 3.05) is 6.61 Å². The second-order valence-electron chi connectivity index (χ2n) is 4.14. The Balaban J connectivity index is 2.46. The summed E-state index contributed by atoms with van der Waals surface area (Å²) in [6.07, 6.45) is -1.11. The number of rotatable bonds is 4. The van der Waals surface area contributed by atoms with E-state index in [-0.39, 0.29) is 10.0 Å². The highest BCUT2D eigenvalue weighted by molar-refractivity contribution is 9.10. The van der Waals surface area contributed by atoms with Gasteiger partial charge in [-0.15, -0.1) is 0 Å². The van der Waals surface area contributed by atoms with Gasteiger partial charge in [-0.05, 0) is 35.0 Å². The first kappa shape index (κ1) is 14.9. The van der Waals surface area contributed by atoms with E-state index in [1.165, 1.54) is 6.07 Å². The molecule has 20 heavy (non-hydrogen) atoms. The summed E-state index contributed by atoms with van der Waals surface area (Å²) in [5.74, 6) is -1.47. The van der Waals surface area contributed by atoms with Crippen LogP contribution < -0.4 is 4.74 Å². The first-order valence-electron chi connectivity index (χ1n) is 6.09. The van der Waals surface area contributed by atoms with Crippen LogP contribution >= 0.6 is 15.9 Å². The molecule has 0 saturated carbocycles. The van der Waals surface area contributed by atoms with Crippen LogP contribution in [0.4, 0.5) is 8.78 Å². The maximum Gasteiger partial charge on any atom is 0.173 e. The van der Waals surface area contributed by atoms with Gasteiger partial charge < -0.3 is 9.84 Å². The Morgan fingerprint density at radius 1 is 1.15 bits per heavy atom. The first-order valence-corrected chi connectivity index (χ1v) is 6.88. The smallest absolute Gasteiger partial charge is 0.173 e. The summed E-state index contributed by atoms with van der Waals surface area (Å²) < 4.78 is 32.0. The molecular formula is C15H13BrF2O2. The molecule has 2 aromatic carbocycles. The first-order chi connectivity index (χ1) is 9.56. The number of halogens is 3. The van der Waals surface area contributed by atoms with Crippen LogP contribution in [0.2, 0.25) is 0 Å². The van der Waals surface area contributed by atoms with Crippen LogP contribution in [0.3, 0.4) is 0 Å². The fourth-order valence-corrected chi connectivity index (χ4v) is 2.45. The molecular weight excluding hydrogens is 330 g/mol. The lowest BCUT2D eigenvalue weighted by atomic mass is 10.0. The van der Waals surface area contributed by atoms with Crippen molar-refractivity contribution in [1.29, 1.82) is 0 Å². The molecule has 106 valence electrons. The predicted octanol–water partition coefficient (Wildman–Crippen LogP) is 4.21. The Morgan fingerprint density at radius 2 is 1.85 bits per heavy atom. The molecule has 2 nitrogen and oxygen atoms in total. The van der Waals surface area contributed by atoms with Crippen molar-refractivity contribution in [3.05, 3.63) is 63.6 Å². The molecule has 5 heteroatoms. The van der Waals surface area contributed by atoms with Crippen molar-refractivity contribution in [2.24, 2.45) is 0 Å². The van der Waals surface area contributed by atoms with Gasteiger partial charge in [-0.1, -0.05) is 24.3 Å². The molecule has 0 aromatic heterocycles. The highest BCUT2D eigenvalue weighted by atomic mass is 79.9. The third kappa shape index (κ3) is 2.83. The lowest BCUT2D eigenvalue weighted by molar-refractivity contribution is 0.210. The minimum absolute atomic E-state index is 0.0868. The van der Waals surface area contributed by atoms with Crippen molar-refractivity contribution in [3.63, 3.8) is 0 Å². The Hall–Kier alpha value is -1.46. The summed E-state index contributed by atoms with van der Waals surface area (Å²) in [7, 11) is 0. The average Bonchev–Trinajstić information content (AvgIpc) is 2.45. The fourth-order valence-electron chi connectivity index (χ4n) is 1.91. The molecule has 0 spiro atoms. The number of hydrogen-bond donors (Lipinski definition) is 1. The number of ether oxygens (including phenoxy) is 1. The average molecular weight is 343 g/mol. The zero-order chi connectivity index (χ0) is 14.7. The summed E-state index contributed by atoms with van der Waals surface area (Å²) in [5, 5.41) is 10.4. The topological polar surface area (TPSA) is 29.5 Å². The van der Waals surface area contributed by atoms with Crippen molar-refractivity contribution in [3.8, 4) is 5.75 Å². The van der Waals surface area contributed by atoms with Crippen molar-refractivity contribution in [1.82, 2.24) is 0 Å².